The quantitative estimate of drug-likeness (QED) is 0.832. The third-order valence-corrected chi connectivity index (χ3v) is 2.59. The van der Waals surface area contributed by atoms with Gasteiger partial charge in [-0.2, -0.15) is 0 Å². The van der Waals surface area contributed by atoms with Gasteiger partial charge < -0.3 is 10.1 Å². The van der Waals surface area contributed by atoms with E-state index >= 15 is 0 Å². The number of nitrogens with one attached hydrogen (secondary N) is 1. The normalized spacial score (nSPS) is 10.2. The number of rotatable bonds is 5. The molecular formula is C12H18N2O2. The number of carbonyl (C=O) groups is 1. The number of hydrogen-bond acceptors (Lipinski definition) is 3. The van der Waals surface area contributed by atoms with Crippen molar-refractivity contribution < 1.29 is 9.53 Å². The molecule has 0 fully saturated rings. The Kier molecular flexibility index (Phi) is 4.76. The van der Waals surface area contributed by atoms with Gasteiger partial charge >= 0.3 is 0 Å². The van der Waals surface area contributed by atoms with E-state index in [1.807, 2.05) is 13.8 Å². The maximum atomic E-state index is 11.8. The van der Waals surface area contributed by atoms with Crippen LogP contribution in [0.4, 0.5) is 5.82 Å². The molecule has 0 aliphatic carbocycles. The highest BCUT2D eigenvalue weighted by Crippen LogP contribution is 2.21. The van der Waals surface area contributed by atoms with Crippen molar-refractivity contribution in [3.05, 3.63) is 18.3 Å². The minimum Gasteiger partial charge on any atom is -0.493 e. The van der Waals surface area contributed by atoms with Crippen LogP contribution >= 0.6 is 0 Å². The first-order valence-corrected chi connectivity index (χ1v) is 5.52. The monoisotopic (exact) mass is 222 g/mol. The lowest BCUT2D eigenvalue weighted by molar-refractivity contribution is -0.120. The fraction of sp³-hybridized carbons (Fsp3) is 0.500. The Morgan fingerprint density at radius 2 is 2.19 bits per heavy atom. The summed E-state index contributed by atoms with van der Waals surface area (Å²) >= 11 is 0. The molecule has 0 aromatic carbocycles. The molecule has 1 heterocycles. The number of aromatic nitrogens is 1. The van der Waals surface area contributed by atoms with E-state index in [9.17, 15) is 4.79 Å². The summed E-state index contributed by atoms with van der Waals surface area (Å²) in [4.78, 5) is 15.9. The Hall–Kier alpha value is -1.58. The predicted octanol–water partition coefficient (Wildman–Crippen LogP) is 2.46. The van der Waals surface area contributed by atoms with E-state index in [0.717, 1.165) is 12.8 Å². The molecule has 0 spiro atoms. The van der Waals surface area contributed by atoms with E-state index in [4.69, 9.17) is 4.74 Å². The number of pyridine rings is 1. The highest BCUT2D eigenvalue weighted by Gasteiger charge is 2.16. The van der Waals surface area contributed by atoms with Gasteiger partial charge in [-0.3, -0.25) is 4.79 Å². The van der Waals surface area contributed by atoms with E-state index in [0.29, 0.717) is 11.6 Å². The molecule has 16 heavy (non-hydrogen) atoms. The van der Waals surface area contributed by atoms with Crippen molar-refractivity contribution in [2.75, 3.05) is 12.4 Å². The molecule has 4 heteroatoms. The molecule has 0 atom stereocenters. The Bertz CT molecular complexity index is 349. The number of amides is 1. The third kappa shape index (κ3) is 2.95. The molecule has 1 amide bonds. The smallest absolute Gasteiger partial charge is 0.228 e. The van der Waals surface area contributed by atoms with E-state index in [1.54, 1.807) is 25.4 Å². The molecular weight excluding hydrogens is 204 g/mol. The van der Waals surface area contributed by atoms with Crippen LogP contribution in [0.2, 0.25) is 0 Å². The Balaban J connectivity index is 2.76. The standard InChI is InChI=1S/C12H18N2O2/c1-4-9(5-2)12(15)14-11-10(16-3)7-6-8-13-11/h6-9H,4-5H2,1-3H3,(H,13,14,15). The van der Waals surface area contributed by atoms with Gasteiger partial charge in [-0.25, -0.2) is 4.98 Å². The van der Waals surface area contributed by atoms with Crippen LogP contribution in [0.25, 0.3) is 0 Å². The molecule has 0 bridgehead atoms. The number of anilines is 1. The van der Waals surface area contributed by atoms with E-state index in [-0.39, 0.29) is 11.8 Å². The SMILES string of the molecule is CCC(CC)C(=O)Nc1ncccc1OC. The summed E-state index contributed by atoms with van der Waals surface area (Å²) in [6, 6.07) is 3.54. The van der Waals surface area contributed by atoms with Crippen molar-refractivity contribution in [2.24, 2.45) is 5.92 Å². The van der Waals surface area contributed by atoms with Crippen molar-refractivity contribution in [3.8, 4) is 5.75 Å². The van der Waals surface area contributed by atoms with Crippen LogP contribution in [0.15, 0.2) is 18.3 Å². The summed E-state index contributed by atoms with van der Waals surface area (Å²) in [7, 11) is 1.56. The van der Waals surface area contributed by atoms with Crippen LogP contribution in [0.3, 0.4) is 0 Å². The number of hydrogen-bond donors (Lipinski definition) is 1. The number of ether oxygens (including phenoxy) is 1. The van der Waals surface area contributed by atoms with Crippen molar-refractivity contribution in [1.82, 2.24) is 4.98 Å². The lowest BCUT2D eigenvalue weighted by Crippen LogP contribution is -2.22. The van der Waals surface area contributed by atoms with Crippen LogP contribution in [-0.4, -0.2) is 18.0 Å². The van der Waals surface area contributed by atoms with Crippen LogP contribution in [-0.2, 0) is 4.79 Å². The summed E-state index contributed by atoms with van der Waals surface area (Å²) in [5.74, 6) is 1.11. The first kappa shape index (κ1) is 12.5. The highest BCUT2D eigenvalue weighted by atomic mass is 16.5. The van der Waals surface area contributed by atoms with Crippen molar-refractivity contribution in [2.45, 2.75) is 26.7 Å². The van der Waals surface area contributed by atoms with E-state index < -0.39 is 0 Å². The fourth-order valence-corrected chi connectivity index (χ4v) is 1.53. The molecule has 1 aromatic rings. The second-order valence-corrected chi connectivity index (χ2v) is 3.56. The summed E-state index contributed by atoms with van der Waals surface area (Å²) in [6.45, 7) is 4.01. The maximum absolute atomic E-state index is 11.8. The first-order chi connectivity index (χ1) is 7.72. The second-order valence-electron chi connectivity index (χ2n) is 3.56. The molecule has 0 aliphatic rings. The van der Waals surface area contributed by atoms with Gasteiger partial charge in [0.25, 0.3) is 0 Å². The van der Waals surface area contributed by atoms with Gasteiger partial charge in [0.05, 0.1) is 7.11 Å². The zero-order chi connectivity index (χ0) is 12.0. The number of nitrogens with zero attached hydrogens (tertiary/aromatic N) is 1. The van der Waals surface area contributed by atoms with Crippen molar-refractivity contribution in [1.29, 1.82) is 0 Å². The van der Waals surface area contributed by atoms with Crippen molar-refractivity contribution >= 4 is 11.7 Å². The second kappa shape index (κ2) is 6.10. The van der Waals surface area contributed by atoms with Crippen molar-refractivity contribution in [3.63, 3.8) is 0 Å². The molecule has 88 valence electrons. The molecule has 1 rings (SSSR count). The molecule has 1 N–H and O–H groups in total. The Morgan fingerprint density at radius 3 is 2.75 bits per heavy atom. The molecule has 4 nitrogen and oxygen atoms in total. The fourth-order valence-electron chi connectivity index (χ4n) is 1.53. The van der Waals surface area contributed by atoms with E-state index in [2.05, 4.69) is 10.3 Å². The van der Waals surface area contributed by atoms with Gasteiger partial charge in [-0.15, -0.1) is 0 Å². The predicted molar refractivity (Wildman–Crippen MR) is 63.5 cm³/mol. The van der Waals surface area contributed by atoms with Gasteiger partial charge in [0.1, 0.15) is 0 Å². The Morgan fingerprint density at radius 1 is 1.50 bits per heavy atom. The van der Waals surface area contributed by atoms with Crippen LogP contribution in [0.5, 0.6) is 5.75 Å². The molecule has 0 saturated heterocycles. The molecule has 0 radical (unpaired) electrons. The molecule has 0 aliphatic heterocycles. The Labute approximate surface area is 96.0 Å². The summed E-state index contributed by atoms with van der Waals surface area (Å²) in [5, 5.41) is 2.79. The van der Waals surface area contributed by atoms with Gasteiger partial charge in [-0.05, 0) is 25.0 Å². The molecule has 0 saturated carbocycles. The van der Waals surface area contributed by atoms with Gasteiger partial charge in [0.15, 0.2) is 11.6 Å². The zero-order valence-corrected chi connectivity index (χ0v) is 9.99. The highest BCUT2D eigenvalue weighted by molar-refractivity contribution is 5.92. The lowest BCUT2D eigenvalue weighted by Gasteiger charge is -2.13. The summed E-state index contributed by atoms with van der Waals surface area (Å²) < 4.78 is 5.12. The van der Waals surface area contributed by atoms with Crippen LogP contribution in [0, 0.1) is 5.92 Å². The zero-order valence-electron chi connectivity index (χ0n) is 9.99. The average Bonchev–Trinajstić information content (AvgIpc) is 2.31. The van der Waals surface area contributed by atoms with Gasteiger partial charge in [0.2, 0.25) is 5.91 Å². The van der Waals surface area contributed by atoms with Crippen LogP contribution < -0.4 is 10.1 Å². The summed E-state index contributed by atoms with van der Waals surface area (Å²) in [5.41, 5.74) is 0. The largest absolute Gasteiger partial charge is 0.493 e. The maximum Gasteiger partial charge on any atom is 0.228 e. The molecule has 0 unspecified atom stereocenters. The minimum absolute atomic E-state index is 0.00185. The number of carbonyl (C=O) groups excluding carboxylic acids is 1. The minimum atomic E-state index is 0.00185. The number of methoxy groups -OCH3 is 1. The van der Waals surface area contributed by atoms with Crippen LogP contribution in [0.1, 0.15) is 26.7 Å². The summed E-state index contributed by atoms with van der Waals surface area (Å²) in [6.07, 6.45) is 3.29. The molecule has 1 aromatic heterocycles. The van der Waals surface area contributed by atoms with Gasteiger partial charge in [0, 0.05) is 12.1 Å². The lowest BCUT2D eigenvalue weighted by atomic mass is 10.0. The van der Waals surface area contributed by atoms with E-state index in [1.165, 1.54) is 0 Å². The third-order valence-electron chi connectivity index (χ3n) is 2.59. The van der Waals surface area contributed by atoms with Gasteiger partial charge in [-0.1, -0.05) is 13.8 Å². The average molecular weight is 222 g/mol. The first-order valence-electron chi connectivity index (χ1n) is 5.52. The topological polar surface area (TPSA) is 51.2 Å².